The zero-order valence-electron chi connectivity index (χ0n) is 15.2. The Balaban J connectivity index is 1.70. The zero-order valence-corrected chi connectivity index (χ0v) is 15.9. The van der Waals surface area contributed by atoms with Crippen molar-refractivity contribution in [2.75, 3.05) is 13.2 Å². The number of hydrogen-bond donors (Lipinski definition) is 0. The van der Waals surface area contributed by atoms with Crippen LogP contribution in [0.5, 0.6) is 5.88 Å². The van der Waals surface area contributed by atoms with E-state index >= 15 is 0 Å². The van der Waals surface area contributed by atoms with Crippen LogP contribution in [0.2, 0.25) is 5.02 Å². The number of nitrogens with zero attached hydrogens (tertiary/aromatic N) is 3. The lowest BCUT2D eigenvalue weighted by molar-refractivity contribution is -0.137. The average molecular weight is 414 g/mol. The Morgan fingerprint density at radius 1 is 1.29 bits per heavy atom. The molecule has 1 fully saturated rings. The maximum absolute atomic E-state index is 12.9. The predicted molar refractivity (Wildman–Crippen MR) is 97.4 cm³/mol. The molecule has 0 saturated carbocycles. The molecule has 3 rings (SSSR count). The van der Waals surface area contributed by atoms with Crippen molar-refractivity contribution in [3.8, 4) is 5.88 Å². The van der Waals surface area contributed by atoms with Crippen molar-refractivity contribution in [3.63, 3.8) is 0 Å². The molecule has 2 aromatic heterocycles. The summed E-state index contributed by atoms with van der Waals surface area (Å²) in [7, 11) is 0. The number of pyridine rings is 2. The van der Waals surface area contributed by atoms with E-state index in [0.29, 0.717) is 12.2 Å². The van der Waals surface area contributed by atoms with Crippen LogP contribution in [0.25, 0.3) is 0 Å². The van der Waals surface area contributed by atoms with Gasteiger partial charge in [0.2, 0.25) is 5.88 Å². The van der Waals surface area contributed by atoms with Gasteiger partial charge in [0.15, 0.2) is 0 Å². The van der Waals surface area contributed by atoms with Crippen LogP contribution in [0.3, 0.4) is 0 Å². The number of alkyl halides is 3. The summed E-state index contributed by atoms with van der Waals surface area (Å²) < 4.78 is 43.4. The summed E-state index contributed by atoms with van der Waals surface area (Å²) in [5, 5.41) is 0.283. The Morgan fingerprint density at radius 2 is 2.07 bits per heavy atom. The third-order valence-corrected chi connectivity index (χ3v) is 4.87. The number of carbonyl (C=O) groups excluding carboxylic acids is 1. The fourth-order valence-electron chi connectivity index (χ4n) is 3.08. The summed E-state index contributed by atoms with van der Waals surface area (Å²) in [5.74, 6) is -0.194. The molecule has 5 nitrogen and oxygen atoms in total. The van der Waals surface area contributed by atoms with E-state index in [9.17, 15) is 18.0 Å². The molecule has 1 unspecified atom stereocenters. The highest BCUT2D eigenvalue weighted by Gasteiger charge is 2.32. The van der Waals surface area contributed by atoms with Crippen LogP contribution < -0.4 is 4.74 Å². The van der Waals surface area contributed by atoms with Gasteiger partial charge in [-0.1, -0.05) is 11.6 Å². The first kappa shape index (κ1) is 20.4. The fraction of sp³-hybridized carbons (Fsp3) is 0.421. The van der Waals surface area contributed by atoms with E-state index in [4.69, 9.17) is 16.3 Å². The summed E-state index contributed by atoms with van der Waals surface area (Å²) in [6.45, 7) is 2.45. The molecular weight excluding hydrogens is 395 g/mol. The maximum Gasteiger partial charge on any atom is 0.417 e. The second-order valence-electron chi connectivity index (χ2n) is 6.63. The van der Waals surface area contributed by atoms with E-state index in [0.717, 1.165) is 31.5 Å². The van der Waals surface area contributed by atoms with Crippen molar-refractivity contribution in [1.29, 1.82) is 0 Å². The summed E-state index contributed by atoms with van der Waals surface area (Å²) in [5.41, 5.74) is 0.0437. The van der Waals surface area contributed by atoms with Crippen LogP contribution in [0.1, 0.15) is 41.0 Å². The third kappa shape index (κ3) is 4.73. The lowest BCUT2D eigenvalue weighted by Gasteiger charge is -2.35. The van der Waals surface area contributed by atoms with E-state index in [1.807, 2.05) is 0 Å². The maximum atomic E-state index is 12.9. The van der Waals surface area contributed by atoms with Crippen molar-refractivity contribution >= 4 is 17.5 Å². The van der Waals surface area contributed by atoms with Gasteiger partial charge in [-0.15, -0.1) is 0 Å². The highest BCUT2D eigenvalue weighted by atomic mass is 35.5. The minimum atomic E-state index is -4.45. The van der Waals surface area contributed by atoms with Gasteiger partial charge in [0.05, 0.1) is 16.6 Å². The molecule has 150 valence electrons. The van der Waals surface area contributed by atoms with Crippen molar-refractivity contribution in [1.82, 2.24) is 14.9 Å². The largest absolute Gasteiger partial charge is 0.475 e. The number of aromatic nitrogens is 2. The van der Waals surface area contributed by atoms with Gasteiger partial charge in [0.1, 0.15) is 12.3 Å². The molecule has 1 aliphatic heterocycles. The van der Waals surface area contributed by atoms with Gasteiger partial charge in [0, 0.05) is 24.5 Å². The zero-order chi connectivity index (χ0) is 20.3. The van der Waals surface area contributed by atoms with Crippen LogP contribution in [0, 0.1) is 6.92 Å². The molecule has 0 spiro atoms. The molecule has 3 heterocycles. The number of piperidine rings is 1. The summed E-state index contributed by atoms with van der Waals surface area (Å²) in [6.07, 6.45) is -1.22. The second-order valence-corrected chi connectivity index (χ2v) is 7.03. The van der Waals surface area contributed by atoms with Crippen LogP contribution in [-0.4, -0.2) is 40.0 Å². The van der Waals surface area contributed by atoms with E-state index in [1.54, 1.807) is 24.0 Å². The number of aryl methyl sites for hydroxylation is 1. The van der Waals surface area contributed by atoms with Gasteiger partial charge in [-0.25, -0.2) is 9.97 Å². The Kier molecular flexibility index (Phi) is 6.07. The molecule has 28 heavy (non-hydrogen) atoms. The highest BCUT2D eigenvalue weighted by molar-refractivity contribution is 6.33. The van der Waals surface area contributed by atoms with Gasteiger partial charge in [-0.3, -0.25) is 4.79 Å². The quantitative estimate of drug-likeness (QED) is 0.739. The van der Waals surface area contributed by atoms with Gasteiger partial charge in [0.25, 0.3) is 5.91 Å². The van der Waals surface area contributed by atoms with E-state index in [2.05, 4.69) is 9.97 Å². The topological polar surface area (TPSA) is 55.3 Å². The smallest absolute Gasteiger partial charge is 0.417 e. The molecule has 0 aromatic carbocycles. The summed E-state index contributed by atoms with van der Waals surface area (Å²) in [4.78, 5) is 22.6. The average Bonchev–Trinajstić information content (AvgIpc) is 2.67. The van der Waals surface area contributed by atoms with E-state index in [1.165, 1.54) is 6.07 Å². The van der Waals surface area contributed by atoms with Crippen LogP contribution in [-0.2, 0) is 6.18 Å². The lowest BCUT2D eigenvalue weighted by Crippen LogP contribution is -2.47. The van der Waals surface area contributed by atoms with Gasteiger partial charge in [-0.05, 0) is 44.4 Å². The summed E-state index contributed by atoms with van der Waals surface area (Å²) >= 11 is 6.14. The lowest BCUT2D eigenvalue weighted by atomic mass is 10.0. The standard InChI is InChI=1S/C19H19ClF3N3O2/c1-12-5-7-15(20)17(25-12)18(27)26-9-3-2-4-14(26)11-28-16-8-6-13(10-24-16)19(21,22)23/h5-8,10,14H,2-4,9,11H2,1H3. The minimum absolute atomic E-state index is 0.0812. The first-order valence-electron chi connectivity index (χ1n) is 8.86. The van der Waals surface area contributed by atoms with Gasteiger partial charge >= 0.3 is 6.18 Å². The monoisotopic (exact) mass is 413 g/mol. The third-order valence-electron chi connectivity index (χ3n) is 4.56. The van der Waals surface area contributed by atoms with E-state index in [-0.39, 0.29) is 35.2 Å². The van der Waals surface area contributed by atoms with Crippen molar-refractivity contribution in [2.24, 2.45) is 0 Å². The Bertz CT molecular complexity index is 843. The molecule has 9 heteroatoms. The van der Waals surface area contributed by atoms with Crippen molar-refractivity contribution in [2.45, 2.75) is 38.4 Å². The first-order chi connectivity index (χ1) is 13.3. The van der Waals surface area contributed by atoms with Crippen molar-refractivity contribution in [3.05, 3.63) is 52.4 Å². The van der Waals surface area contributed by atoms with E-state index < -0.39 is 11.7 Å². The number of carbonyl (C=O) groups is 1. The van der Waals surface area contributed by atoms with Crippen molar-refractivity contribution < 1.29 is 22.7 Å². The molecular formula is C19H19ClF3N3O2. The van der Waals surface area contributed by atoms with Crippen LogP contribution in [0.4, 0.5) is 13.2 Å². The van der Waals surface area contributed by atoms with Crippen LogP contribution >= 0.6 is 11.6 Å². The second kappa shape index (κ2) is 8.34. The number of hydrogen-bond acceptors (Lipinski definition) is 4. The Morgan fingerprint density at radius 3 is 2.75 bits per heavy atom. The number of rotatable bonds is 4. The minimum Gasteiger partial charge on any atom is -0.475 e. The number of amides is 1. The SMILES string of the molecule is Cc1ccc(Cl)c(C(=O)N2CCCCC2COc2ccc(C(F)(F)F)cn2)n1. The molecule has 2 aromatic rings. The first-order valence-corrected chi connectivity index (χ1v) is 9.23. The molecule has 1 amide bonds. The number of halogens is 4. The highest BCUT2D eigenvalue weighted by Crippen LogP contribution is 2.29. The van der Waals surface area contributed by atoms with Crippen LogP contribution in [0.15, 0.2) is 30.5 Å². The predicted octanol–water partition coefficient (Wildman–Crippen LogP) is 4.53. The molecule has 1 saturated heterocycles. The molecule has 1 atom stereocenters. The Hall–Kier alpha value is -2.35. The fourth-order valence-corrected chi connectivity index (χ4v) is 3.27. The number of ether oxygens (including phenoxy) is 1. The summed E-state index contributed by atoms with van der Waals surface area (Å²) in [6, 6.07) is 5.23. The molecule has 0 radical (unpaired) electrons. The molecule has 1 aliphatic rings. The van der Waals surface area contributed by atoms with Gasteiger partial charge in [-0.2, -0.15) is 13.2 Å². The normalized spacial score (nSPS) is 17.5. The Labute approximate surface area is 165 Å². The molecule has 0 N–H and O–H groups in total. The molecule has 0 bridgehead atoms. The number of likely N-dealkylation sites (tertiary alicyclic amines) is 1. The molecule has 0 aliphatic carbocycles. The van der Waals surface area contributed by atoms with Gasteiger partial charge < -0.3 is 9.64 Å².